The number of anilines is 1. The van der Waals surface area contributed by atoms with Crippen LogP contribution < -0.4 is 15.4 Å². The molecule has 2 aromatic carbocycles. The highest BCUT2D eigenvalue weighted by Gasteiger charge is 2.43. The highest BCUT2D eigenvalue weighted by atomic mass is 35.5. The third-order valence-electron chi connectivity index (χ3n) is 6.40. The number of nitrogens with one attached hydrogen (secondary N) is 2. The van der Waals surface area contributed by atoms with Gasteiger partial charge in [-0.3, -0.25) is 9.69 Å². The number of carbonyl (C=O) groups is 1. The molecule has 0 spiro atoms. The van der Waals surface area contributed by atoms with E-state index in [1.165, 1.54) is 19.8 Å². The number of piperazine rings is 1. The van der Waals surface area contributed by atoms with Gasteiger partial charge in [0.05, 0.1) is 6.04 Å². The summed E-state index contributed by atoms with van der Waals surface area (Å²) >= 11 is 12.9. The molecule has 2 saturated heterocycles. The minimum Gasteiger partial charge on any atom is -0.484 e. The van der Waals surface area contributed by atoms with E-state index in [0.717, 1.165) is 42.1 Å². The Hall–Kier alpha value is -1.79. The van der Waals surface area contributed by atoms with Gasteiger partial charge < -0.3 is 15.4 Å². The van der Waals surface area contributed by atoms with Crippen LogP contribution in [0.5, 0.6) is 5.75 Å². The first kappa shape index (κ1) is 20.1. The maximum atomic E-state index is 11.4. The van der Waals surface area contributed by atoms with Gasteiger partial charge in [-0.05, 0) is 49.1 Å². The van der Waals surface area contributed by atoms with Gasteiger partial charge in [0.1, 0.15) is 11.9 Å². The maximum absolute atomic E-state index is 11.4. The molecular weight excluding hydrogens is 421 g/mol. The van der Waals surface area contributed by atoms with Gasteiger partial charge >= 0.3 is 0 Å². The van der Waals surface area contributed by atoms with E-state index >= 15 is 0 Å². The fourth-order valence-corrected chi connectivity index (χ4v) is 5.76. The van der Waals surface area contributed by atoms with Gasteiger partial charge in [-0.15, -0.1) is 0 Å². The minimum atomic E-state index is -0.165. The summed E-state index contributed by atoms with van der Waals surface area (Å²) in [6, 6.07) is 12.6. The number of halogens is 2. The second-order valence-electron chi connectivity index (χ2n) is 8.57. The Morgan fingerprint density at radius 1 is 1.17 bits per heavy atom. The van der Waals surface area contributed by atoms with Crippen molar-refractivity contribution in [2.75, 3.05) is 18.4 Å². The van der Waals surface area contributed by atoms with Crippen molar-refractivity contribution in [3.63, 3.8) is 0 Å². The molecule has 1 amide bonds. The molecule has 0 aromatic heterocycles. The number of benzene rings is 2. The standard InChI is InChI=1S/C23H25Cl2N3O2/c1-13(29)26-15-3-2-4-18(9-15)30-23-20-7-14(24)8-21(25)19(20)10-22(23)28-11-16-5-6-17(12-28)27-16/h2-4,7-9,16-17,22-23,27H,5-6,10-12H2,1H3,(H,26,29)/t16?,17?,22-,23-/m0/s1. The first-order valence-corrected chi connectivity index (χ1v) is 11.2. The molecule has 0 radical (unpaired) electrons. The van der Waals surface area contributed by atoms with Crippen LogP contribution in [0, 0.1) is 0 Å². The van der Waals surface area contributed by atoms with Crippen molar-refractivity contribution in [1.29, 1.82) is 0 Å². The van der Waals surface area contributed by atoms with Gasteiger partial charge in [-0.2, -0.15) is 0 Å². The third kappa shape index (κ3) is 3.92. The van der Waals surface area contributed by atoms with Crippen molar-refractivity contribution in [3.05, 3.63) is 57.6 Å². The predicted molar refractivity (Wildman–Crippen MR) is 120 cm³/mol. The Morgan fingerprint density at radius 2 is 1.93 bits per heavy atom. The third-order valence-corrected chi connectivity index (χ3v) is 6.95. The number of carbonyl (C=O) groups excluding carboxylic acids is 1. The lowest BCUT2D eigenvalue weighted by molar-refractivity contribution is -0.114. The summed E-state index contributed by atoms with van der Waals surface area (Å²) in [6.45, 7) is 3.54. The fourth-order valence-electron chi connectivity index (χ4n) is 5.18. The predicted octanol–water partition coefficient (Wildman–Crippen LogP) is 4.43. The Bertz CT molecular complexity index is 971. The van der Waals surface area contributed by atoms with Crippen molar-refractivity contribution >= 4 is 34.8 Å². The average Bonchev–Trinajstić information content (AvgIpc) is 3.21. The van der Waals surface area contributed by atoms with E-state index in [0.29, 0.717) is 22.1 Å². The van der Waals surface area contributed by atoms with Crippen molar-refractivity contribution < 1.29 is 9.53 Å². The summed E-state index contributed by atoms with van der Waals surface area (Å²) in [4.78, 5) is 14.0. The number of hydrogen-bond donors (Lipinski definition) is 2. The molecule has 30 heavy (non-hydrogen) atoms. The first-order chi connectivity index (χ1) is 14.5. The van der Waals surface area contributed by atoms with Crippen LogP contribution in [0.25, 0.3) is 0 Å². The van der Waals surface area contributed by atoms with Crippen molar-refractivity contribution in [3.8, 4) is 5.75 Å². The first-order valence-electron chi connectivity index (χ1n) is 10.5. The molecule has 4 atom stereocenters. The van der Waals surface area contributed by atoms with Crippen LogP contribution in [-0.4, -0.2) is 42.0 Å². The molecule has 1 aliphatic carbocycles. The second-order valence-corrected chi connectivity index (χ2v) is 9.41. The zero-order valence-corrected chi connectivity index (χ0v) is 18.3. The van der Waals surface area contributed by atoms with E-state index in [1.54, 1.807) is 0 Å². The number of nitrogens with zero attached hydrogens (tertiary/aromatic N) is 1. The summed E-state index contributed by atoms with van der Waals surface area (Å²) in [5.74, 6) is 0.615. The summed E-state index contributed by atoms with van der Waals surface area (Å²) < 4.78 is 6.56. The van der Waals surface area contributed by atoms with Crippen molar-refractivity contribution in [2.24, 2.45) is 0 Å². The Morgan fingerprint density at radius 3 is 2.67 bits per heavy atom. The molecule has 2 bridgehead atoms. The van der Waals surface area contributed by atoms with Crippen LogP contribution >= 0.6 is 23.2 Å². The lowest BCUT2D eigenvalue weighted by atomic mass is 10.1. The zero-order valence-electron chi connectivity index (χ0n) is 16.8. The van der Waals surface area contributed by atoms with E-state index in [4.69, 9.17) is 27.9 Å². The molecule has 158 valence electrons. The van der Waals surface area contributed by atoms with E-state index in [1.807, 2.05) is 36.4 Å². The number of likely N-dealkylation sites (tertiary alicyclic amines) is 1. The molecule has 2 fully saturated rings. The summed E-state index contributed by atoms with van der Waals surface area (Å²) in [6.07, 6.45) is 3.15. The van der Waals surface area contributed by atoms with Crippen LogP contribution in [0.15, 0.2) is 36.4 Å². The van der Waals surface area contributed by atoms with E-state index in [2.05, 4.69) is 15.5 Å². The smallest absolute Gasteiger partial charge is 0.221 e. The maximum Gasteiger partial charge on any atom is 0.221 e. The number of amides is 1. The van der Waals surface area contributed by atoms with E-state index in [9.17, 15) is 4.79 Å². The van der Waals surface area contributed by atoms with Gasteiger partial charge in [-0.1, -0.05) is 29.3 Å². The van der Waals surface area contributed by atoms with E-state index < -0.39 is 0 Å². The average molecular weight is 446 g/mol. The van der Waals surface area contributed by atoms with Crippen LogP contribution in [0.1, 0.15) is 37.0 Å². The highest BCUT2D eigenvalue weighted by molar-refractivity contribution is 6.35. The number of hydrogen-bond acceptors (Lipinski definition) is 4. The van der Waals surface area contributed by atoms with Gasteiger partial charge in [-0.25, -0.2) is 0 Å². The van der Waals surface area contributed by atoms with Crippen molar-refractivity contribution in [2.45, 2.75) is 50.4 Å². The highest BCUT2D eigenvalue weighted by Crippen LogP contribution is 2.43. The normalized spacial score (nSPS) is 27.7. The van der Waals surface area contributed by atoms with Crippen LogP contribution in [-0.2, 0) is 11.2 Å². The molecular formula is C23H25Cl2N3O2. The van der Waals surface area contributed by atoms with Crippen LogP contribution in [0.4, 0.5) is 5.69 Å². The lowest BCUT2D eigenvalue weighted by Gasteiger charge is -2.39. The molecule has 2 heterocycles. The number of rotatable bonds is 4. The lowest BCUT2D eigenvalue weighted by Crippen LogP contribution is -2.55. The summed E-state index contributed by atoms with van der Waals surface area (Å²) in [5.41, 5.74) is 2.91. The Kier molecular flexibility index (Phi) is 5.40. The molecule has 3 aliphatic rings. The molecule has 2 aliphatic heterocycles. The molecule has 2 N–H and O–H groups in total. The van der Waals surface area contributed by atoms with Crippen LogP contribution in [0.2, 0.25) is 10.0 Å². The van der Waals surface area contributed by atoms with Gasteiger partial charge in [0, 0.05) is 59.5 Å². The van der Waals surface area contributed by atoms with Crippen molar-refractivity contribution in [1.82, 2.24) is 10.2 Å². The van der Waals surface area contributed by atoms with Gasteiger partial charge in [0.15, 0.2) is 0 Å². The second kappa shape index (κ2) is 8.04. The van der Waals surface area contributed by atoms with Gasteiger partial charge in [0.25, 0.3) is 0 Å². The van der Waals surface area contributed by atoms with E-state index in [-0.39, 0.29) is 18.1 Å². The van der Waals surface area contributed by atoms with Gasteiger partial charge in [0.2, 0.25) is 5.91 Å². The topological polar surface area (TPSA) is 53.6 Å². The summed E-state index contributed by atoms with van der Waals surface area (Å²) in [5, 5.41) is 7.86. The molecule has 0 saturated carbocycles. The Balaban J connectivity index is 1.47. The molecule has 2 unspecified atom stereocenters. The largest absolute Gasteiger partial charge is 0.484 e. The minimum absolute atomic E-state index is 0.105. The zero-order chi connectivity index (χ0) is 20.8. The Labute approximate surface area is 186 Å². The number of ether oxygens (including phenoxy) is 1. The molecule has 5 rings (SSSR count). The molecule has 2 aromatic rings. The summed E-state index contributed by atoms with van der Waals surface area (Å²) in [7, 11) is 0. The molecule has 7 heteroatoms. The van der Waals surface area contributed by atoms with Crippen LogP contribution in [0.3, 0.4) is 0 Å². The SMILES string of the molecule is CC(=O)Nc1cccc(O[C@H]2c3cc(Cl)cc(Cl)c3C[C@@H]2N2CC3CCC(C2)N3)c1. The molecule has 5 nitrogen and oxygen atoms in total. The number of fused-ring (bicyclic) bond motifs is 3. The monoisotopic (exact) mass is 445 g/mol. The fraction of sp³-hybridized carbons (Fsp3) is 0.435. The quantitative estimate of drug-likeness (QED) is 0.730.